The van der Waals surface area contributed by atoms with E-state index in [1.807, 2.05) is 25.1 Å². The summed E-state index contributed by atoms with van der Waals surface area (Å²) in [5.41, 5.74) is 4.79. The third kappa shape index (κ3) is 3.12. The second-order valence-corrected chi connectivity index (χ2v) is 6.78. The van der Waals surface area contributed by atoms with E-state index in [0.717, 1.165) is 34.5 Å². The summed E-state index contributed by atoms with van der Waals surface area (Å²) in [4.78, 5) is 8.86. The zero-order chi connectivity index (χ0) is 15.7. The smallest absolute Gasteiger partial charge is 0.113 e. The maximum atomic E-state index is 10.3. The number of nitrogens with zero attached hydrogens (tertiary/aromatic N) is 2. The second kappa shape index (κ2) is 5.46. The number of rotatable bonds is 0. The van der Waals surface area contributed by atoms with Gasteiger partial charge in [0.25, 0.3) is 0 Å². The van der Waals surface area contributed by atoms with Gasteiger partial charge in [-0.05, 0) is 48.5 Å². The highest BCUT2D eigenvalue weighted by molar-refractivity contribution is 6.05. The highest BCUT2D eigenvalue weighted by atomic mass is 16.3. The zero-order valence-electron chi connectivity index (χ0n) is 13.3. The van der Waals surface area contributed by atoms with Crippen LogP contribution in [-0.2, 0) is 0 Å². The molecule has 1 N–H and O–H groups in total. The Balaban J connectivity index is 1.88. The molecule has 2 aliphatic rings. The maximum Gasteiger partial charge on any atom is 0.113 e. The van der Waals surface area contributed by atoms with Crippen molar-refractivity contribution in [1.82, 2.24) is 4.98 Å². The normalized spacial score (nSPS) is 19.6. The molecule has 0 bridgehead atoms. The molecule has 1 aromatic heterocycles. The fourth-order valence-electron chi connectivity index (χ4n) is 2.86. The van der Waals surface area contributed by atoms with E-state index in [0.29, 0.717) is 18.7 Å². The SMILES string of the molecule is Cc1ccnc(C#CC2=CC3=C(O)CC(C)(C)CC3=NC2)c1. The number of fused-ring (bicyclic) bond motifs is 1. The Hall–Kier alpha value is -2.34. The first-order chi connectivity index (χ1) is 10.4. The summed E-state index contributed by atoms with van der Waals surface area (Å²) in [6.07, 6.45) is 5.35. The van der Waals surface area contributed by atoms with Crippen molar-refractivity contribution in [1.29, 1.82) is 0 Å². The Kier molecular flexibility index (Phi) is 3.62. The summed E-state index contributed by atoms with van der Waals surface area (Å²) in [5, 5.41) is 10.3. The summed E-state index contributed by atoms with van der Waals surface area (Å²) in [7, 11) is 0. The van der Waals surface area contributed by atoms with Crippen LogP contribution in [0, 0.1) is 24.2 Å². The second-order valence-electron chi connectivity index (χ2n) is 6.78. The van der Waals surface area contributed by atoms with Crippen LogP contribution in [0.25, 0.3) is 0 Å². The molecule has 1 aliphatic carbocycles. The van der Waals surface area contributed by atoms with Crippen molar-refractivity contribution >= 4 is 5.71 Å². The topological polar surface area (TPSA) is 45.5 Å². The minimum Gasteiger partial charge on any atom is -0.512 e. The van der Waals surface area contributed by atoms with Gasteiger partial charge >= 0.3 is 0 Å². The standard InChI is InChI=1S/C19H20N2O/c1-13-6-7-20-15(8-13)5-4-14-9-16-17(21-12-14)10-19(2,3)11-18(16)22/h6-9,22H,10-12H2,1-3H3. The van der Waals surface area contributed by atoms with Gasteiger partial charge in [0, 0.05) is 29.5 Å². The number of aliphatic hydroxyl groups excluding tert-OH is 1. The van der Waals surface area contributed by atoms with Crippen LogP contribution >= 0.6 is 0 Å². The van der Waals surface area contributed by atoms with Crippen molar-refractivity contribution in [2.75, 3.05) is 6.54 Å². The number of aryl methyl sites for hydroxylation is 1. The predicted octanol–water partition coefficient (Wildman–Crippen LogP) is 3.75. The van der Waals surface area contributed by atoms with Crippen molar-refractivity contribution in [2.24, 2.45) is 10.4 Å². The van der Waals surface area contributed by atoms with Gasteiger partial charge in [0.1, 0.15) is 11.5 Å². The molecule has 0 radical (unpaired) electrons. The van der Waals surface area contributed by atoms with E-state index < -0.39 is 0 Å². The van der Waals surface area contributed by atoms with Crippen LogP contribution in [0.4, 0.5) is 0 Å². The van der Waals surface area contributed by atoms with E-state index in [4.69, 9.17) is 0 Å². The number of aromatic nitrogens is 1. The van der Waals surface area contributed by atoms with Gasteiger partial charge in [-0.25, -0.2) is 4.98 Å². The van der Waals surface area contributed by atoms with Gasteiger partial charge in [0.2, 0.25) is 0 Å². The number of aliphatic hydroxyl groups is 1. The minimum atomic E-state index is 0.0783. The largest absolute Gasteiger partial charge is 0.512 e. The van der Waals surface area contributed by atoms with Crippen LogP contribution in [0.2, 0.25) is 0 Å². The number of dihydropyridines is 1. The molecule has 0 fully saturated rings. The Morgan fingerprint density at radius 2 is 2.05 bits per heavy atom. The highest BCUT2D eigenvalue weighted by Gasteiger charge is 2.31. The highest BCUT2D eigenvalue weighted by Crippen LogP contribution is 2.38. The number of pyridine rings is 1. The summed E-state index contributed by atoms with van der Waals surface area (Å²) < 4.78 is 0. The van der Waals surface area contributed by atoms with Crippen molar-refractivity contribution in [3.8, 4) is 11.8 Å². The lowest BCUT2D eigenvalue weighted by atomic mass is 9.75. The fourth-order valence-corrected chi connectivity index (χ4v) is 2.86. The van der Waals surface area contributed by atoms with Crippen molar-refractivity contribution in [3.63, 3.8) is 0 Å². The first-order valence-corrected chi connectivity index (χ1v) is 7.54. The van der Waals surface area contributed by atoms with Gasteiger partial charge in [-0.3, -0.25) is 4.99 Å². The number of aliphatic imine (C=N–C) groups is 1. The average Bonchev–Trinajstić information content (AvgIpc) is 2.44. The first kappa shape index (κ1) is 14.6. The molecular weight excluding hydrogens is 272 g/mol. The van der Waals surface area contributed by atoms with Crippen molar-refractivity contribution < 1.29 is 5.11 Å². The molecule has 1 aromatic rings. The van der Waals surface area contributed by atoms with Gasteiger partial charge in [0.15, 0.2) is 0 Å². The number of hydrogen-bond donors (Lipinski definition) is 1. The Morgan fingerprint density at radius 1 is 1.23 bits per heavy atom. The third-order valence-electron chi connectivity index (χ3n) is 3.94. The summed E-state index contributed by atoms with van der Waals surface area (Å²) in [6, 6.07) is 3.92. The minimum absolute atomic E-state index is 0.0783. The molecule has 3 heteroatoms. The predicted molar refractivity (Wildman–Crippen MR) is 88.9 cm³/mol. The maximum absolute atomic E-state index is 10.3. The van der Waals surface area contributed by atoms with Crippen LogP contribution < -0.4 is 0 Å². The van der Waals surface area contributed by atoms with Crippen LogP contribution in [0.1, 0.15) is 37.9 Å². The molecule has 0 atom stereocenters. The van der Waals surface area contributed by atoms with E-state index in [1.165, 1.54) is 0 Å². The van der Waals surface area contributed by atoms with E-state index in [2.05, 4.69) is 35.7 Å². The van der Waals surface area contributed by atoms with Gasteiger partial charge < -0.3 is 5.11 Å². The summed E-state index contributed by atoms with van der Waals surface area (Å²) >= 11 is 0. The number of allylic oxidation sites excluding steroid dienone is 3. The molecular formula is C19H20N2O. The lowest BCUT2D eigenvalue weighted by molar-refractivity contribution is 0.280. The average molecular weight is 292 g/mol. The van der Waals surface area contributed by atoms with E-state index in [9.17, 15) is 5.11 Å². The van der Waals surface area contributed by atoms with Gasteiger partial charge in [0.05, 0.1) is 6.54 Å². The Bertz CT molecular complexity index is 770. The molecule has 112 valence electrons. The molecule has 0 spiro atoms. The summed E-state index contributed by atoms with van der Waals surface area (Å²) in [5.74, 6) is 6.65. The van der Waals surface area contributed by atoms with Crippen LogP contribution in [0.5, 0.6) is 0 Å². The molecule has 2 heterocycles. The molecule has 0 saturated carbocycles. The quantitative estimate of drug-likeness (QED) is 0.740. The lowest BCUT2D eigenvalue weighted by Gasteiger charge is -2.32. The fraction of sp³-hybridized carbons (Fsp3) is 0.368. The molecule has 0 aromatic carbocycles. The van der Waals surface area contributed by atoms with Crippen molar-refractivity contribution in [2.45, 2.75) is 33.6 Å². The Morgan fingerprint density at radius 3 is 2.82 bits per heavy atom. The van der Waals surface area contributed by atoms with E-state index >= 15 is 0 Å². The van der Waals surface area contributed by atoms with Crippen molar-refractivity contribution in [3.05, 3.63) is 52.6 Å². The monoisotopic (exact) mass is 292 g/mol. The molecule has 22 heavy (non-hydrogen) atoms. The lowest BCUT2D eigenvalue weighted by Crippen LogP contribution is -2.27. The Labute approximate surface area is 131 Å². The molecule has 3 nitrogen and oxygen atoms in total. The molecule has 0 unspecified atom stereocenters. The summed E-state index contributed by atoms with van der Waals surface area (Å²) in [6.45, 7) is 6.92. The van der Waals surface area contributed by atoms with Gasteiger partial charge in [-0.2, -0.15) is 0 Å². The molecule has 1 aliphatic heterocycles. The van der Waals surface area contributed by atoms with Crippen LogP contribution in [-0.4, -0.2) is 22.3 Å². The van der Waals surface area contributed by atoms with E-state index in [1.54, 1.807) is 6.20 Å². The number of hydrogen-bond acceptors (Lipinski definition) is 3. The first-order valence-electron chi connectivity index (χ1n) is 7.54. The van der Waals surface area contributed by atoms with Crippen LogP contribution in [0.3, 0.4) is 0 Å². The van der Waals surface area contributed by atoms with Gasteiger partial charge in [-0.1, -0.05) is 19.8 Å². The zero-order valence-corrected chi connectivity index (χ0v) is 13.3. The van der Waals surface area contributed by atoms with Crippen LogP contribution in [0.15, 0.2) is 46.3 Å². The third-order valence-corrected chi connectivity index (χ3v) is 3.94. The van der Waals surface area contributed by atoms with Gasteiger partial charge in [-0.15, -0.1) is 0 Å². The molecule has 3 rings (SSSR count). The molecule has 0 amide bonds. The molecule has 0 saturated heterocycles. The van der Waals surface area contributed by atoms with E-state index in [-0.39, 0.29) is 5.41 Å².